The standard InChI is InChI=1S/C14H21NO2S/c1-3-11-10(2)8-12(18-11)13(17)15-9-14(4-5-14)6-7-16/h8,16H,3-7,9H2,1-2H3,(H,15,17). The molecule has 1 aromatic heterocycles. The number of aliphatic hydroxyl groups excluding tert-OH is 1. The van der Waals surface area contributed by atoms with E-state index in [2.05, 4.69) is 19.2 Å². The van der Waals surface area contributed by atoms with Crippen LogP contribution in [0.1, 0.15) is 46.3 Å². The molecule has 2 N–H and O–H groups in total. The fourth-order valence-corrected chi connectivity index (χ4v) is 3.30. The fourth-order valence-electron chi connectivity index (χ4n) is 2.27. The highest BCUT2D eigenvalue weighted by Gasteiger charge is 2.41. The number of thiophene rings is 1. The monoisotopic (exact) mass is 267 g/mol. The lowest BCUT2D eigenvalue weighted by molar-refractivity contribution is 0.0945. The summed E-state index contributed by atoms with van der Waals surface area (Å²) in [6.07, 6.45) is 4.03. The van der Waals surface area contributed by atoms with Gasteiger partial charge in [0.1, 0.15) is 0 Å². The molecule has 1 aromatic rings. The number of aliphatic hydroxyl groups is 1. The number of nitrogens with one attached hydrogen (secondary N) is 1. The van der Waals surface area contributed by atoms with Crippen molar-refractivity contribution >= 4 is 17.2 Å². The van der Waals surface area contributed by atoms with Gasteiger partial charge >= 0.3 is 0 Å². The SMILES string of the molecule is CCc1sc(C(=O)NCC2(CCO)CC2)cc1C. The Morgan fingerprint density at radius 1 is 1.56 bits per heavy atom. The number of aryl methyl sites for hydroxylation is 2. The molecule has 4 heteroatoms. The predicted molar refractivity (Wildman–Crippen MR) is 74.1 cm³/mol. The zero-order valence-electron chi connectivity index (χ0n) is 11.1. The summed E-state index contributed by atoms with van der Waals surface area (Å²) >= 11 is 1.59. The number of amides is 1. The van der Waals surface area contributed by atoms with Gasteiger partial charge in [0, 0.05) is 18.0 Å². The Morgan fingerprint density at radius 3 is 2.78 bits per heavy atom. The Balaban J connectivity index is 1.91. The van der Waals surface area contributed by atoms with Crippen molar-refractivity contribution in [3.8, 4) is 0 Å². The zero-order valence-corrected chi connectivity index (χ0v) is 11.9. The molecule has 0 unspecified atom stereocenters. The van der Waals surface area contributed by atoms with Crippen molar-refractivity contribution in [2.45, 2.75) is 39.5 Å². The molecule has 0 aromatic carbocycles. The van der Waals surface area contributed by atoms with E-state index < -0.39 is 0 Å². The smallest absolute Gasteiger partial charge is 0.261 e. The van der Waals surface area contributed by atoms with Crippen LogP contribution in [0.15, 0.2) is 6.07 Å². The van der Waals surface area contributed by atoms with E-state index in [1.807, 2.05) is 6.07 Å². The highest BCUT2D eigenvalue weighted by Crippen LogP contribution is 2.47. The van der Waals surface area contributed by atoms with Crippen molar-refractivity contribution in [3.63, 3.8) is 0 Å². The first kappa shape index (κ1) is 13.6. The van der Waals surface area contributed by atoms with Gasteiger partial charge in [0.05, 0.1) is 4.88 Å². The molecule has 100 valence electrons. The third-order valence-corrected chi connectivity index (χ3v) is 5.17. The zero-order chi connectivity index (χ0) is 13.2. The highest BCUT2D eigenvalue weighted by atomic mass is 32.1. The Kier molecular flexibility index (Phi) is 4.07. The van der Waals surface area contributed by atoms with Gasteiger partial charge in [-0.2, -0.15) is 0 Å². The van der Waals surface area contributed by atoms with Gasteiger partial charge in [-0.3, -0.25) is 4.79 Å². The van der Waals surface area contributed by atoms with Gasteiger partial charge in [-0.05, 0) is 49.7 Å². The quantitative estimate of drug-likeness (QED) is 0.832. The molecule has 18 heavy (non-hydrogen) atoms. The van der Waals surface area contributed by atoms with E-state index in [0.717, 1.165) is 30.6 Å². The van der Waals surface area contributed by atoms with Crippen LogP contribution in [0.5, 0.6) is 0 Å². The number of rotatable bonds is 6. The van der Waals surface area contributed by atoms with E-state index in [1.165, 1.54) is 10.4 Å². The van der Waals surface area contributed by atoms with Crippen LogP contribution in [0, 0.1) is 12.3 Å². The van der Waals surface area contributed by atoms with Crippen LogP contribution in [0.3, 0.4) is 0 Å². The molecular weight excluding hydrogens is 246 g/mol. The largest absolute Gasteiger partial charge is 0.396 e. The van der Waals surface area contributed by atoms with Crippen LogP contribution in [0.25, 0.3) is 0 Å². The van der Waals surface area contributed by atoms with Crippen LogP contribution in [-0.4, -0.2) is 24.2 Å². The second-order valence-electron chi connectivity index (χ2n) is 5.23. The maximum atomic E-state index is 12.0. The summed E-state index contributed by atoms with van der Waals surface area (Å²) in [4.78, 5) is 14.1. The summed E-state index contributed by atoms with van der Waals surface area (Å²) in [7, 11) is 0. The Bertz CT molecular complexity index is 435. The first-order chi connectivity index (χ1) is 8.60. The van der Waals surface area contributed by atoms with Gasteiger partial charge in [0.15, 0.2) is 0 Å². The summed E-state index contributed by atoms with van der Waals surface area (Å²) in [5.41, 5.74) is 1.40. The maximum Gasteiger partial charge on any atom is 0.261 e. The van der Waals surface area contributed by atoms with Crippen molar-refractivity contribution in [2.75, 3.05) is 13.2 Å². The first-order valence-corrected chi connectivity index (χ1v) is 7.40. The molecule has 1 aliphatic rings. The average molecular weight is 267 g/mol. The highest BCUT2D eigenvalue weighted by molar-refractivity contribution is 7.14. The van der Waals surface area contributed by atoms with Crippen molar-refractivity contribution in [2.24, 2.45) is 5.41 Å². The van der Waals surface area contributed by atoms with E-state index >= 15 is 0 Å². The number of carbonyl (C=O) groups is 1. The number of hydrogen-bond donors (Lipinski definition) is 2. The van der Waals surface area contributed by atoms with E-state index in [9.17, 15) is 4.79 Å². The third-order valence-electron chi connectivity index (χ3n) is 3.79. The lowest BCUT2D eigenvalue weighted by atomic mass is 10.0. The topological polar surface area (TPSA) is 49.3 Å². The molecule has 0 radical (unpaired) electrons. The Hall–Kier alpha value is -0.870. The third kappa shape index (κ3) is 2.93. The second-order valence-corrected chi connectivity index (χ2v) is 6.36. The van der Waals surface area contributed by atoms with Gasteiger partial charge in [-0.25, -0.2) is 0 Å². The summed E-state index contributed by atoms with van der Waals surface area (Å²) in [6, 6.07) is 1.98. The molecule has 0 atom stereocenters. The summed E-state index contributed by atoms with van der Waals surface area (Å²) in [5, 5.41) is 12.0. The molecule has 0 aliphatic heterocycles. The summed E-state index contributed by atoms with van der Waals surface area (Å²) in [5.74, 6) is 0.0343. The molecule has 1 aliphatic carbocycles. The Morgan fingerprint density at radius 2 is 2.28 bits per heavy atom. The van der Waals surface area contributed by atoms with Gasteiger partial charge in [0.25, 0.3) is 5.91 Å². The molecule has 1 saturated carbocycles. The van der Waals surface area contributed by atoms with Crippen LogP contribution >= 0.6 is 11.3 Å². The van der Waals surface area contributed by atoms with Crippen molar-refractivity contribution in [1.29, 1.82) is 0 Å². The van der Waals surface area contributed by atoms with E-state index in [4.69, 9.17) is 5.11 Å². The minimum atomic E-state index is 0.0343. The lowest BCUT2D eigenvalue weighted by Gasteiger charge is -2.13. The molecule has 2 rings (SSSR count). The maximum absolute atomic E-state index is 12.0. The molecule has 0 spiro atoms. The van der Waals surface area contributed by atoms with Gasteiger partial charge < -0.3 is 10.4 Å². The van der Waals surface area contributed by atoms with Crippen molar-refractivity contribution < 1.29 is 9.90 Å². The number of carbonyl (C=O) groups excluding carboxylic acids is 1. The average Bonchev–Trinajstić information content (AvgIpc) is 3.01. The summed E-state index contributed by atoms with van der Waals surface area (Å²) in [6.45, 7) is 5.08. The van der Waals surface area contributed by atoms with E-state index in [1.54, 1.807) is 11.3 Å². The molecule has 0 saturated heterocycles. The predicted octanol–water partition coefficient (Wildman–Crippen LogP) is 2.51. The normalized spacial score (nSPS) is 16.6. The minimum Gasteiger partial charge on any atom is -0.396 e. The minimum absolute atomic E-state index is 0.0343. The Labute approximate surface area is 112 Å². The lowest BCUT2D eigenvalue weighted by Crippen LogP contribution is -2.30. The van der Waals surface area contributed by atoms with Gasteiger partial charge in [-0.15, -0.1) is 11.3 Å². The van der Waals surface area contributed by atoms with E-state index in [0.29, 0.717) is 6.54 Å². The van der Waals surface area contributed by atoms with Crippen molar-refractivity contribution in [1.82, 2.24) is 5.32 Å². The van der Waals surface area contributed by atoms with E-state index in [-0.39, 0.29) is 17.9 Å². The number of hydrogen-bond acceptors (Lipinski definition) is 3. The molecule has 1 amide bonds. The van der Waals surface area contributed by atoms with Gasteiger partial charge in [0.2, 0.25) is 0 Å². The van der Waals surface area contributed by atoms with Crippen LogP contribution < -0.4 is 5.32 Å². The van der Waals surface area contributed by atoms with Crippen LogP contribution in [0.2, 0.25) is 0 Å². The van der Waals surface area contributed by atoms with Crippen LogP contribution in [0.4, 0.5) is 0 Å². The van der Waals surface area contributed by atoms with Crippen LogP contribution in [-0.2, 0) is 6.42 Å². The molecule has 1 heterocycles. The second kappa shape index (κ2) is 5.41. The molecular formula is C14H21NO2S. The fraction of sp³-hybridized carbons (Fsp3) is 0.643. The van der Waals surface area contributed by atoms with Crippen molar-refractivity contribution in [3.05, 3.63) is 21.4 Å². The summed E-state index contributed by atoms with van der Waals surface area (Å²) < 4.78 is 0. The van der Waals surface area contributed by atoms with Gasteiger partial charge in [-0.1, -0.05) is 6.92 Å². The molecule has 3 nitrogen and oxygen atoms in total. The molecule has 1 fully saturated rings. The molecule has 0 bridgehead atoms. The first-order valence-electron chi connectivity index (χ1n) is 6.58.